The van der Waals surface area contributed by atoms with E-state index in [0.717, 1.165) is 6.20 Å². The highest BCUT2D eigenvalue weighted by Crippen LogP contribution is 2.32. The molecular formula is C16H19N2O12S3-. The molecule has 0 spiro atoms. The lowest BCUT2D eigenvalue weighted by molar-refractivity contribution is -0.205. The number of nitrogens with zero attached hydrogens (tertiary/aromatic N) is 2. The molecule has 0 aliphatic carbocycles. The van der Waals surface area contributed by atoms with E-state index in [9.17, 15) is 46.4 Å². The molecule has 0 amide bonds. The smallest absolute Gasteiger partial charge is 0.363 e. The Morgan fingerprint density at radius 3 is 2.42 bits per heavy atom. The van der Waals surface area contributed by atoms with Crippen LogP contribution in [0, 0.1) is 0 Å². The van der Waals surface area contributed by atoms with Crippen molar-refractivity contribution in [3.63, 3.8) is 0 Å². The summed E-state index contributed by atoms with van der Waals surface area (Å²) >= 11 is 0.506. The molecule has 33 heavy (non-hydrogen) atoms. The first-order chi connectivity index (χ1) is 15.3. The molecule has 3 rings (SSSR count). The quantitative estimate of drug-likeness (QED) is 0.0877. The lowest BCUT2D eigenvalue weighted by atomic mass is 10.0. The maximum absolute atomic E-state index is 11.7. The van der Waals surface area contributed by atoms with Gasteiger partial charge in [-0.05, 0) is 11.6 Å². The Labute approximate surface area is 191 Å². The number of hydrogen-bond acceptors (Lipinski definition) is 13. The van der Waals surface area contributed by atoms with E-state index in [4.69, 9.17) is 4.74 Å². The van der Waals surface area contributed by atoms with Crippen LogP contribution in [0.2, 0.25) is 0 Å². The van der Waals surface area contributed by atoms with E-state index in [0.29, 0.717) is 21.1 Å². The number of benzene rings is 1. The number of aromatic nitrogens is 1. The monoisotopic (exact) mass is 527 g/mol. The molecular weight excluding hydrogens is 508 g/mol. The molecule has 0 radical (unpaired) electrons. The molecule has 1 saturated heterocycles. The Balaban J connectivity index is 1.98. The third-order valence-electron chi connectivity index (χ3n) is 4.68. The molecule has 5 N–H and O–H groups in total. The first kappa shape index (κ1) is 25.8. The van der Waals surface area contributed by atoms with Crippen LogP contribution in [0.1, 0.15) is 5.56 Å². The number of para-hydroxylation sites is 1. The van der Waals surface area contributed by atoms with Crippen LogP contribution in [0.15, 0.2) is 35.6 Å². The average molecular weight is 528 g/mol. The molecule has 1 fully saturated rings. The Morgan fingerprint density at radius 1 is 1.15 bits per heavy atom. The van der Waals surface area contributed by atoms with Gasteiger partial charge in [-0.25, -0.2) is 3.97 Å². The van der Waals surface area contributed by atoms with Gasteiger partial charge in [0.05, 0.1) is 12.1 Å². The van der Waals surface area contributed by atoms with Gasteiger partial charge in [0.15, 0.2) is 0 Å². The highest BCUT2D eigenvalue weighted by molar-refractivity contribution is 8.14. The van der Waals surface area contributed by atoms with Crippen molar-refractivity contribution in [1.82, 2.24) is 3.97 Å². The second kappa shape index (κ2) is 9.82. The van der Waals surface area contributed by atoms with Crippen molar-refractivity contribution in [1.29, 1.82) is 0 Å². The third-order valence-corrected chi connectivity index (χ3v) is 6.85. The van der Waals surface area contributed by atoms with Gasteiger partial charge in [0.25, 0.3) is 10.4 Å². The molecule has 5 atom stereocenters. The van der Waals surface area contributed by atoms with Gasteiger partial charge < -0.3 is 29.7 Å². The molecule has 2 aromatic rings. The van der Waals surface area contributed by atoms with Gasteiger partial charge in [0, 0.05) is 18.0 Å². The number of thioether (sulfide) groups is 1. The minimum Gasteiger partial charge on any atom is -0.714 e. The summed E-state index contributed by atoms with van der Waals surface area (Å²) in [6, 6.07) is 5.99. The Morgan fingerprint density at radius 2 is 1.82 bits per heavy atom. The van der Waals surface area contributed by atoms with Crippen LogP contribution in [0.4, 0.5) is 0 Å². The van der Waals surface area contributed by atoms with Crippen LogP contribution in [0.25, 0.3) is 10.9 Å². The van der Waals surface area contributed by atoms with Gasteiger partial charge >= 0.3 is 10.3 Å². The van der Waals surface area contributed by atoms with Gasteiger partial charge in [-0.3, -0.25) is 8.84 Å². The predicted molar refractivity (Wildman–Crippen MR) is 112 cm³/mol. The van der Waals surface area contributed by atoms with Crippen molar-refractivity contribution < 1.29 is 55.4 Å². The maximum atomic E-state index is 11.7. The minimum absolute atomic E-state index is 0.0876. The summed E-state index contributed by atoms with van der Waals surface area (Å²) in [6.07, 6.45) is -5.70. The summed E-state index contributed by atoms with van der Waals surface area (Å²) in [4.78, 5) is 0. The largest absolute Gasteiger partial charge is 0.714 e. The van der Waals surface area contributed by atoms with Crippen LogP contribution < -0.4 is 0 Å². The molecule has 0 saturated carbocycles. The van der Waals surface area contributed by atoms with Crippen molar-refractivity contribution in [3.05, 3.63) is 36.0 Å². The zero-order chi connectivity index (χ0) is 24.6. The van der Waals surface area contributed by atoms with Crippen molar-refractivity contribution >= 4 is 48.4 Å². The number of oxime groups is 1. The van der Waals surface area contributed by atoms with Gasteiger partial charge in [0.1, 0.15) is 34.9 Å². The fourth-order valence-electron chi connectivity index (χ4n) is 3.19. The number of aliphatic hydroxyl groups is 4. The lowest BCUT2D eigenvalue weighted by Crippen LogP contribution is -2.57. The van der Waals surface area contributed by atoms with Gasteiger partial charge in [0.2, 0.25) is 0 Å². The number of aliphatic hydroxyl groups excluding tert-OH is 4. The topological polar surface area (TPSA) is 228 Å². The number of hydrogen-bond donors (Lipinski definition) is 5. The normalized spacial score (nSPS) is 27.1. The van der Waals surface area contributed by atoms with E-state index in [1.807, 2.05) is 0 Å². The highest BCUT2D eigenvalue weighted by atomic mass is 32.3. The Bertz CT molecular complexity index is 1240. The number of ether oxygens (including phenoxy) is 1. The van der Waals surface area contributed by atoms with Crippen molar-refractivity contribution in [3.8, 4) is 0 Å². The first-order valence-corrected chi connectivity index (χ1v) is 12.7. The second-order valence-corrected chi connectivity index (χ2v) is 10.3. The van der Waals surface area contributed by atoms with Gasteiger partial charge in [-0.15, -0.1) is 0 Å². The van der Waals surface area contributed by atoms with E-state index in [2.05, 4.69) is 9.44 Å². The molecule has 2 heterocycles. The average Bonchev–Trinajstić information content (AvgIpc) is 3.11. The van der Waals surface area contributed by atoms with Crippen LogP contribution in [0.5, 0.6) is 0 Å². The first-order valence-electron chi connectivity index (χ1n) is 9.07. The SMILES string of the molecule is O=S(=O)([O-])O/N=C(/Cc1cn(S(=O)(=O)O)c2ccccc12)S[C@@H]1O[C@H](CO)[C@@H](O)[C@@H](O)[C@H]1O. The van der Waals surface area contributed by atoms with Crippen molar-refractivity contribution in [2.24, 2.45) is 5.16 Å². The summed E-state index contributed by atoms with van der Waals surface area (Å²) in [5.41, 5.74) is -1.11. The van der Waals surface area contributed by atoms with Crippen molar-refractivity contribution in [2.45, 2.75) is 36.3 Å². The fraction of sp³-hybridized carbons (Fsp3) is 0.438. The van der Waals surface area contributed by atoms with E-state index in [1.54, 1.807) is 6.07 Å². The molecule has 17 heteroatoms. The summed E-state index contributed by atoms with van der Waals surface area (Å²) in [5, 5.41) is 42.6. The molecule has 184 valence electrons. The van der Waals surface area contributed by atoms with Gasteiger partial charge in [-0.2, -0.15) is 16.8 Å². The summed E-state index contributed by atoms with van der Waals surface area (Å²) in [5.74, 6) is 0. The van der Waals surface area contributed by atoms with Crippen LogP contribution in [-0.2, 0) is 36.1 Å². The number of fused-ring (bicyclic) bond motifs is 1. The second-order valence-electron chi connectivity index (χ2n) is 6.90. The number of rotatable bonds is 7. The maximum Gasteiger partial charge on any atom is 0.363 e. The Kier molecular flexibility index (Phi) is 7.68. The van der Waals surface area contributed by atoms with E-state index in [1.165, 1.54) is 18.2 Å². The molecule has 1 aromatic heterocycles. The summed E-state index contributed by atoms with van der Waals surface area (Å²) in [7, 11) is -9.99. The van der Waals surface area contributed by atoms with Crippen molar-refractivity contribution in [2.75, 3.05) is 6.61 Å². The molecule has 1 aliphatic heterocycles. The summed E-state index contributed by atoms with van der Waals surface area (Å²) < 4.78 is 75.4. The standard InChI is InChI=1S/C16H20N2O12S3/c19-7-11-13(20)14(21)15(22)16(29-11)31-12(17-30-33(26,27)28)5-8-6-18(32(23,24)25)10-4-2-1-3-9(8)10/h1-4,6,11,13-16,19-22H,5,7H2,(H,23,24,25)(H,26,27,28)/p-1/b17-12-/t11-,13-,14-,15-,16+/m1/s1. The molecule has 14 nitrogen and oxygen atoms in total. The summed E-state index contributed by atoms with van der Waals surface area (Å²) in [6.45, 7) is -0.720. The van der Waals surface area contributed by atoms with Gasteiger partial charge in [-0.1, -0.05) is 35.1 Å². The zero-order valence-corrected chi connectivity index (χ0v) is 18.9. The fourth-order valence-corrected chi connectivity index (χ4v) is 5.18. The third kappa shape index (κ3) is 6.01. The molecule has 0 unspecified atom stereocenters. The minimum atomic E-state index is -5.29. The van der Waals surface area contributed by atoms with Crippen LogP contribution in [-0.4, -0.2) is 91.8 Å². The predicted octanol–water partition coefficient (Wildman–Crippen LogP) is -1.84. The van der Waals surface area contributed by atoms with E-state index >= 15 is 0 Å². The molecule has 0 bridgehead atoms. The highest BCUT2D eigenvalue weighted by Gasteiger charge is 2.44. The lowest BCUT2D eigenvalue weighted by Gasteiger charge is -2.39. The Hall–Kier alpha value is -1.80. The van der Waals surface area contributed by atoms with Crippen LogP contribution in [0.3, 0.4) is 0 Å². The van der Waals surface area contributed by atoms with E-state index in [-0.39, 0.29) is 22.5 Å². The zero-order valence-electron chi connectivity index (χ0n) is 16.4. The molecule has 1 aromatic carbocycles. The molecule has 1 aliphatic rings. The van der Waals surface area contributed by atoms with Crippen LogP contribution >= 0.6 is 11.8 Å². The van der Waals surface area contributed by atoms with E-state index < -0.39 is 57.2 Å².